The number of carbonyl (C=O) groups excluding carboxylic acids is 2. The molecule has 1 saturated carbocycles. The van der Waals surface area contributed by atoms with Crippen LogP contribution in [0.15, 0.2) is 0 Å². The Labute approximate surface area is 158 Å². The summed E-state index contributed by atoms with van der Waals surface area (Å²) in [6.07, 6.45) is -11.9. The zero-order chi connectivity index (χ0) is 22.0. The topological polar surface area (TPSA) is 72.8 Å². The highest BCUT2D eigenvalue weighted by Crippen LogP contribution is 2.45. The zero-order valence-electron chi connectivity index (χ0n) is 15.7. The van der Waals surface area contributed by atoms with Crippen molar-refractivity contribution in [2.24, 2.45) is 5.92 Å². The molecule has 164 valence electrons. The molecule has 0 aromatic carbocycles. The van der Waals surface area contributed by atoms with E-state index in [1.54, 1.807) is 13.8 Å². The average molecular weight is 422 g/mol. The molecule has 28 heavy (non-hydrogen) atoms. The molecule has 5 nitrogen and oxygen atoms in total. The number of hydrogen-bond donors (Lipinski definition) is 1. The Balaban J connectivity index is 2.73. The van der Waals surface area contributed by atoms with E-state index < -0.39 is 48.0 Å². The molecule has 0 heterocycles. The van der Waals surface area contributed by atoms with Gasteiger partial charge in [0.15, 0.2) is 6.10 Å². The summed E-state index contributed by atoms with van der Waals surface area (Å²) in [7, 11) is 0. The van der Waals surface area contributed by atoms with E-state index in [9.17, 15) is 35.9 Å². The first kappa shape index (κ1) is 24.5. The molecule has 11 heteroatoms. The average Bonchev–Trinajstić information content (AvgIpc) is 2.52. The summed E-state index contributed by atoms with van der Waals surface area (Å²) in [4.78, 5) is 23.6. The Morgan fingerprint density at radius 3 is 1.89 bits per heavy atom. The fourth-order valence-electron chi connectivity index (χ4n) is 3.08. The fraction of sp³-hybridized carbons (Fsp3) is 0.882. The summed E-state index contributed by atoms with van der Waals surface area (Å²) < 4.78 is 85.3. The molecule has 1 N–H and O–H groups in total. The smallest absolute Gasteiger partial charge is 0.426 e. The Bertz CT molecular complexity index is 549. The molecule has 0 bridgehead atoms. The Kier molecular flexibility index (Phi) is 7.41. The van der Waals surface area contributed by atoms with E-state index >= 15 is 0 Å². The molecule has 0 saturated heterocycles. The Morgan fingerprint density at radius 1 is 1.00 bits per heavy atom. The molecule has 0 spiro atoms. The van der Waals surface area contributed by atoms with Crippen LogP contribution in [0.2, 0.25) is 0 Å². The fourth-order valence-corrected chi connectivity index (χ4v) is 3.08. The first-order valence-corrected chi connectivity index (χ1v) is 8.79. The van der Waals surface area contributed by atoms with Crippen LogP contribution in [0.3, 0.4) is 0 Å². The van der Waals surface area contributed by atoms with Crippen LogP contribution in [-0.2, 0) is 19.1 Å². The van der Waals surface area contributed by atoms with Gasteiger partial charge in [-0.2, -0.15) is 26.3 Å². The number of hydrogen-bond acceptors (Lipinski definition) is 5. The SMILES string of the molecule is CC(OC(=O)CC(O)(C(F)(F)F)C(F)(F)F)C(=O)OC(C)(C)C1CCCCC1. The second kappa shape index (κ2) is 8.46. The Hall–Kier alpha value is -1.52. The zero-order valence-corrected chi connectivity index (χ0v) is 15.7. The summed E-state index contributed by atoms with van der Waals surface area (Å²) in [6, 6.07) is 0. The van der Waals surface area contributed by atoms with Gasteiger partial charge >= 0.3 is 24.3 Å². The van der Waals surface area contributed by atoms with Crippen LogP contribution in [0.5, 0.6) is 0 Å². The molecule has 1 aliphatic carbocycles. The number of ether oxygens (including phenoxy) is 2. The molecule has 1 atom stereocenters. The van der Waals surface area contributed by atoms with Gasteiger partial charge in [-0.3, -0.25) is 4.79 Å². The first-order chi connectivity index (χ1) is 12.5. The number of esters is 2. The molecule has 0 aromatic rings. The third-order valence-electron chi connectivity index (χ3n) is 4.93. The molecule has 1 fully saturated rings. The van der Waals surface area contributed by atoms with Crippen LogP contribution in [0.4, 0.5) is 26.3 Å². The maximum atomic E-state index is 12.6. The minimum Gasteiger partial charge on any atom is -0.457 e. The third-order valence-corrected chi connectivity index (χ3v) is 4.93. The van der Waals surface area contributed by atoms with Crippen molar-refractivity contribution < 1.29 is 50.5 Å². The van der Waals surface area contributed by atoms with Crippen LogP contribution < -0.4 is 0 Å². The maximum absolute atomic E-state index is 12.6. The van der Waals surface area contributed by atoms with Crippen LogP contribution >= 0.6 is 0 Å². The van der Waals surface area contributed by atoms with E-state index in [4.69, 9.17) is 9.84 Å². The molecule has 0 aliphatic heterocycles. The van der Waals surface area contributed by atoms with E-state index in [1.165, 1.54) is 0 Å². The van der Waals surface area contributed by atoms with Crippen LogP contribution in [0, 0.1) is 5.92 Å². The van der Waals surface area contributed by atoms with Gasteiger partial charge in [-0.1, -0.05) is 19.3 Å². The standard InChI is InChI=1S/C17H24F6O5/c1-10(13(25)28-14(2,3)11-7-5-4-6-8-11)27-12(24)9-15(26,16(18,19)20)17(21,22)23/h10-11,26H,4-9H2,1-3H3. The number of aliphatic hydroxyl groups is 1. The van der Waals surface area contributed by atoms with E-state index in [-0.39, 0.29) is 5.92 Å². The van der Waals surface area contributed by atoms with Gasteiger partial charge in [0.2, 0.25) is 0 Å². The summed E-state index contributed by atoms with van der Waals surface area (Å²) in [5.74, 6) is -3.09. The minimum absolute atomic E-state index is 0.0358. The highest BCUT2D eigenvalue weighted by Gasteiger charge is 2.71. The molecule has 1 rings (SSSR count). The number of rotatable bonds is 6. The van der Waals surface area contributed by atoms with Crippen molar-refractivity contribution in [3.8, 4) is 0 Å². The molecule has 1 aliphatic rings. The molecule has 1 unspecified atom stereocenters. The van der Waals surface area contributed by atoms with Crippen LogP contribution in [-0.4, -0.2) is 46.7 Å². The van der Waals surface area contributed by atoms with Crippen molar-refractivity contribution >= 4 is 11.9 Å². The van der Waals surface area contributed by atoms with Crippen molar-refractivity contribution in [3.63, 3.8) is 0 Å². The largest absolute Gasteiger partial charge is 0.457 e. The highest BCUT2D eigenvalue weighted by molar-refractivity contribution is 5.79. The lowest BCUT2D eigenvalue weighted by Gasteiger charge is -2.37. The number of carbonyl (C=O) groups is 2. The molecule has 0 amide bonds. The van der Waals surface area contributed by atoms with Crippen molar-refractivity contribution in [2.75, 3.05) is 0 Å². The molecular formula is C17H24F6O5. The highest BCUT2D eigenvalue weighted by atomic mass is 19.4. The van der Waals surface area contributed by atoms with Gasteiger partial charge in [0, 0.05) is 0 Å². The first-order valence-electron chi connectivity index (χ1n) is 8.79. The predicted octanol–water partition coefficient (Wildman–Crippen LogP) is 4.07. The molecule has 0 radical (unpaired) electrons. The van der Waals surface area contributed by atoms with Gasteiger partial charge in [0.1, 0.15) is 5.60 Å². The van der Waals surface area contributed by atoms with Crippen LogP contribution in [0.25, 0.3) is 0 Å². The normalized spacial score (nSPS) is 18.5. The third kappa shape index (κ3) is 5.74. The summed E-state index contributed by atoms with van der Waals surface area (Å²) >= 11 is 0. The molecular weight excluding hydrogens is 398 g/mol. The van der Waals surface area contributed by atoms with Crippen molar-refractivity contribution in [2.45, 2.75) is 89.0 Å². The van der Waals surface area contributed by atoms with Gasteiger partial charge in [-0.25, -0.2) is 4.79 Å². The monoisotopic (exact) mass is 422 g/mol. The second-order valence-corrected chi connectivity index (χ2v) is 7.52. The lowest BCUT2D eigenvalue weighted by molar-refractivity contribution is -0.368. The van der Waals surface area contributed by atoms with Crippen molar-refractivity contribution in [3.05, 3.63) is 0 Å². The van der Waals surface area contributed by atoms with E-state index in [2.05, 4.69) is 4.74 Å². The van der Waals surface area contributed by atoms with E-state index in [1.807, 2.05) is 0 Å². The predicted molar refractivity (Wildman–Crippen MR) is 84.0 cm³/mol. The lowest BCUT2D eigenvalue weighted by Crippen LogP contribution is -2.58. The maximum Gasteiger partial charge on any atom is 0.426 e. The van der Waals surface area contributed by atoms with Crippen molar-refractivity contribution in [1.82, 2.24) is 0 Å². The van der Waals surface area contributed by atoms with Crippen molar-refractivity contribution in [1.29, 1.82) is 0 Å². The quantitative estimate of drug-likeness (QED) is 0.516. The second-order valence-electron chi connectivity index (χ2n) is 7.52. The summed E-state index contributed by atoms with van der Waals surface area (Å²) in [5, 5.41) is 9.00. The van der Waals surface area contributed by atoms with Gasteiger partial charge in [0.05, 0.1) is 6.42 Å². The van der Waals surface area contributed by atoms with Gasteiger partial charge < -0.3 is 14.6 Å². The number of halogens is 6. The van der Waals surface area contributed by atoms with Gasteiger partial charge in [-0.15, -0.1) is 0 Å². The van der Waals surface area contributed by atoms with Gasteiger partial charge in [-0.05, 0) is 39.5 Å². The summed E-state index contributed by atoms with van der Waals surface area (Å²) in [5.41, 5.74) is -6.21. The van der Waals surface area contributed by atoms with E-state index in [0.29, 0.717) is 0 Å². The molecule has 0 aromatic heterocycles. The van der Waals surface area contributed by atoms with E-state index in [0.717, 1.165) is 39.0 Å². The Morgan fingerprint density at radius 2 is 1.46 bits per heavy atom. The van der Waals surface area contributed by atoms with Gasteiger partial charge in [0.25, 0.3) is 5.60 Å². The van der Waals surface area contributed by atoms with Crippen LogP contribution in [0.1, 0.15) is 59.3 Å². The minimum atomic E-state index is -6.16. The summed E-state index contributed by atoms with van der Waals surface area (Å²) in [6.45, 7) is 4.25. The number of alkyl halides is 6. The lowest BCUT2D eigenvalue weighted by atomic mass is 9.79.